The SMILES string of the molecule is Cc1cccc(C#N)c1Oc1ccc2c(c1)CCC(=O)N2. The molecule has 0 radical (unpaired) electrons. The third kappa shape index (κ3) is 2.59. The molecule has 0 saturated heterocycles. The van der Waals surface area contributed by atoms with Crippen LogP contribution in [0.4, 0.5) is 5.69 Å². The lowest BCUT2D eigenvalue weighted by Crippen LogP contribution is -2.18. The third-order valence-electron chi connectivity index (χ3n) is 3.52. The van der Waals surface area contributed by atoms with E-state index in [1.807, 2.05) is 31.2 Å². The van der Waals surface area contributed by atoms with E-state index >= 15 is 0 Å². The molecule has 4 nitrogen and oxygen atoms in total. The second-order valence-corrected chi connectivity index (χ2v) is 5.03. The molecular weight excluding hydrogens is 264 g/mol. The Morgan fingerprint density at radius 1 is 1.24 bits per heavy atom. The van der Waals surface area contributed by atoms with Gasteiger partial charge < -0.3 is 10.1 Å². The number of nitrogens with zero attached hydrogens (tertiary/aromatic N) is 1. The average Bonchev–Trinajstić information content (AvgIpc) is 2.49. The zero-order chi connectivity index (χ0) is 14.8. The van der Waals surface area contributed by atoms with Crippen molar-refractivity contribution in [2.24, 2.45) is 0 Å². The second-order valence-electron chi connectivity index (χ2n) is 5.03. The van der Waals surface area contributed by atoms with Gasteiger partial charge in [-0.25, -0.2) is 0 Å². The summed E-state index contributed by atoms with van der Waals surface area (Å²) in [5.41, 5.74) is 3.32. The molecule has 0 saturated carbocycles. The number of hydrogen-bond donors (Lipinski definition) is 1. The van der Waals surface area contributed by atoms with Gasteiger partial charge in [0, 0.05) is 12.1 Å². The zero-order valence-electron chi connectivity index (χ0n) is 11.6. The van der Waals surface area contributed by atoms with Crippen molar-refractivity contribution in [2.75, 3.05) is 5.32 Å². The highest BCUT2D eigenvalue weighted by Crippen LogP contribution is 2.32. The Morgan fingerprint density at radius 2 is 2.10 bits per heavy atom. The van der Waals surface area contributed by atoms with E-state index < -0.39 is 0 Å². The summed E-state index contributed by atoms with van der Waals surface area (Å²) in [4.78, 5) is 11.4. The van der Waals surface area contributed by atoms with Gasteiger partial charge in [-0.1, -0.05) is 12.1 Å². The number of amides is 1. The first kappa shape index (κ1) is 13.2. The number of nitrogens with one attached hydrogen (secondary N) is 1. The van der Waals surface area contributed by atoms with Gasteiger partial charge in [-0.2, -0.15) is 5.26 Å². The number of anilines is 1. The molecule has 1 heterocycles. The second kappa shape index (κ2) is 5.29. The first-order chi connectivity index (χ1) is 10.2. The molecule has 104 valence electrons. The van der Waals surface area contributed by atoms with E-state index in [2.05, 4.69) is 11.4 Å². The first-order valence-electron chi connectivity index (χ1n) is 6.78. The summed E-state index contributed by atoms with van der Waals surface area (Å²) in [6.07, 6.45) is 1.20. The molecule has 0 aliphatic carbocycles. The molecule has 4 heteroatoms. The van der Waals surface area contributed by atoms with Crippen LogP contribution in [0, 0.1) is 18.3 Å². The Kier molecular flexibility index (Phi) is 3.33. The molecule has 1 amide bonds. The van der Waals surface area contributed by atoms with Crippen LogP contribution in [-0.4, -0.2) is 5.91 Å². The fraction of sp³-hybridized carbons (Fsp3) is 0.176. The van der Waals surface area contributed by atoms with E-state index in [0.29, 0.717) is 29.9 Å². The first-order valence-corrected chi connectivity index (χ1v) is 6.78. The molecule has 2 aromatic carbocycles. The number of nitriles is 1. The van der Waals surface area contributed by atoms with Gasteiger partial charge in [-0.05, 0) is 48.7 Å². The zero-order valence-corrected chi connectivity index (χ0v) is 11.6. The minimum Gasteiger partial charge on any atom is -0.456 e. The van der Waals surface area contributed by atoms with Crippen molar-refractivity contribution < 1.29 is 9.53 Å². The number of carbonyl (C=O) groups excluding carboxylic acids is 1. The summed E-state index contributed by atoms with van der Waals surface area (Å²) < 4.78 is 5.89. The number of fused-ring (bicyclic) bond motifs is 1. The van der Waals surface area contributed by atoms with Crippen molar-refractivity contribution in [1.29, 1.82) is 5.26 Å². The van der Waals surface area contributed by atoms with E-state index in [0.717, 1.165) is 16.8 Å². The van der Waals surface area contributed by atoms with Crippen molar-refractivity contribution in [3.8, 4) is 17.6 Å². The van der Waals surface area contributed by atoms with Gasteiger partial charge in [-0.15, -0.1) is 0 Å². The maximum atomic E-state index is 11.4. The lowest BCUT2D eigenvalue weighted by Gasteiger charge is -2.18. The molecular formula is C17H14N2O2. The Bertz CT molecular complexity index is 760. The summed E-state index contributed by atoms with van der Waals surface area (Å²) in [6, 6.07) is 13.2. The number of rotatable bonds is 2. The topological polar surface area (TPSA) is 62.1 Å². The molecule has 0 bridgehead atoms. The summed E-state index contributed by atoms with van der Waals surface area (Å²) >= 11 is 0. The minimum absolute atomic E-state index is 0.0434. The van der Waals surface area contributed by atoms with Crippen LogP contribution in [0.2, 0.25) is 0 Å². The fourth-order valence-corrected chi connectivity index (χ4v) is 2.42. The van der Waals surface area contributed by atoms with Crippen LogP contribution in [0.3, 0.4) is 0 Å². The highest BCUT2D eigenvalue weighted by Gasteiger charge is 2.16. The molecule has 3 rings (SSSR count). The number of ether oxygens (including phenoxy) is 1. The normalized spacial score (nSPS) is 13.0. The number of hydrogen-bond acceptors (Lipinski definition) is 3. The maximum Gasteiger partial charge on any atom is 0.224 e. The van der Waals surface area contributed by atoms with Gasteiger partial charge in [0.05, 0.1) is 5.56 Å². The molecule has 21 heavy (non-hydrogen) atoms. The molecule has 0 atom stereocenters. The monoisotopic (exact) mass is 278 g/mol. The van der Waals surface area contributed by atoms with Crippen LogP contribution in [0.25, 0.3) is 0 Å². The van der Waals surface area contributed by atoms with Gasteiger partial charge in [0.25, 0.3) is 0 Å². The van der Waals surface area contributed by atoms with Gasteiger partial charge >= 0.3 is 0 Å². The number of benzene rings is 2. The summed E-state index contributed by atoms with van der Waals surface area (Å²) in [7, 11) is 0. The van der Waals surface area contributed by atoms with Crippen LogP contribution in [0.1, 0.15) is 23.1 Å². The predicted octanol–water partition coefficient (Wildman–Crippen LogP) is 3.54. The lowest BCUT2D eigenvalue weighted by atomic mass is 10.0. The summed E-state index contributed by atoms with van der Waals surface area (Å²) in [5, 5.41) is 12.0. The third-order valence-corrected chi connectivity index (χ3v) is 3.52. The molecule has 1 aliphatic rings. The minimum atomic E-state index is 0.0434. The Labute approximate surface area is 123 Å². The van der Waals surface area contributed by atoms with Crippen molar-refractivity contribution in [2.45, 2.75) is 19.8 Å². The van der Waals surface area contributed by atoms with Gasteiger partial charge in [0.15, 0.2) is 0 Å². The highest BCUT2D eigenvalue weighted by molar-refractivity contribution is 5.94. The van der Waals surface area contributed by atoms with Crippen LogP contribution in [-0.2, 0) is 11.2 Å². The van der Waals surface area contributed by atoms with Crippen molar-refractivity contribution in [1.82, 2.24) is 0 Å². The van der Waals surface area contributed by atoms with Crippen LogP contribution >= 0.6 is 0 Å². The Balaban J connectivity index is 1.93. The van der Waals surface area contributed by atoms with Gasteiger partial charge in [0.2, 0.25) is 5.91 Å². The summed E-state index contributed by atoms with van der Waals surface area (Å²) in [6.45, 7) is 1.91. The molecule has 1 aliphatic heterocycles. The number of para-hydroxylation sites is 1. The molecule has 2 aromatic rings. The van der Waals surface area contributed by atoms with Crippen LogP contribution in [0.15, 0.2) is 36.4 Å². The number of aryl methyl sites for hydroxylation is 2. The Morgan fingerprint density at radius 3 is 2.90 bits per heavy atom. The Hall–Kier alpha value is -2.80. The molecule has 0 fully saturated rings. The summed E-state index contributed by atoms with van der Waals surface area (Å²) in [5.74, 6) is 1.30. The van der Waals surface area contributed by atoms with E-state index in [1.54, 1.807) is 12.1 Å². The largest absolute Gasteiger partial charge is 0.456 e. The van der Waals surface area contributed by atoms with Crippen LogP contribution in [0.5, 0.6) is 11.5 Å². The van der Waals surface area contributed by atoms with Gasteiger partial charge in [0.1, 0.15) is 17.6 Å². The van der Waals surface area contributed by atoms with E-state index in [9.17, 15) is 4.79 Å². The quantitative estimate of drug-likeness (QED) is 0.913. The fourth-order valence-electron chi connectivity index (χ4n) is 2.42. The number of carbonyl (C=O) groups is 1. The standard InChI is InChI=1S/C17H14N2O2/c1-11-3-2-4-13(10-18)17(11)21-14-6-7-15-12(9-14)5-8-16(20)19-15/h2-4,6-7,9H,5,8H2,1H3,(H,19,20). The van der Waals surface area contributed by atoms with E-state index in [-0.39, 0.29) is 5.91 Å². The maximum absolute atomic E-state index is 11.4. The molecule has 1 N–H and O–H groups in total. The van der Waals surface area contributed by atoms with E-state index in [1.165, 1.54) is 0 Å². The lowest BCUT2D eigenvalue weighted by molar-refractivity contribution is -0.116. The van der Waals surface area contributed by atoms with Crippen molar-refractivity contribution in [3.05, 3.63) is 53.1 Å². The van der Waals surface area contributed by atoms with Crippen molar-refractivity contribution >= 4 is 11.6 Å². The van der Waals surface area contributed by atoms with Gasteiger partial charge in [-0.3, -0.25) is 4.79 Å². The smallest absolute Gasteiger partial charge is 0.224 e. The highest BCUT2D eigenvalue weighted by atomic mass is 16.5. The molecule has 0 aromatic heterocycles. The van der Waals surface area contributed by atoms with Crippen molar-refractivity contribution in [3.63, 3.8) is 0 Å². The predicted molar refractivity (Wildman–Crippen MR) is 79.4 cm³/mol. The molecule has 0 spiro atoms. The van der Waals surface area contributed by atoms with E-state index in [4.69, 9.17) is 10.00 Å². The van der Waals surface area contributed by atoms with Crippen LogP contribution < -0.4 is 10.1 Å². The molecule has 0 unspecified atom stereocenters. The average molecular weight is 278 g/mol.